The molecular formula is C17H21FN4. The smallest absolute Gasteiger partial charge is 0.145 e. The predicted octanol–water partition coefficient (Wildman–Crippen LogP) is 2.91. The second-order valence-corrected chi connectivity index (χ2v) is 5.71. The fourth-order valence-corrected chi connectivity index (χ4v) is 2.73. The van der Waals surface area contributed by atoms with Crippen LogP contribution in [0, 0.1) is 5.82 Å². The van der Waals surface area contributed by atoms with Gasteiger partial charge in [0.25, 0.3) is 0 Å². The van der Waals surface area contributed by atoms with Crippen molar-refractivity contribution in [3.63, 3.8) is 0 Å². The fourth-order valence-electron chi connectivity index (χ4n) is 2.73. The third-order valence-corrected chi connectivity index (χ3v) is 3.98. The average Bonchev–Trinajstić information content (AvgIpc) is 3.06. The molecule has 0 saturated carbocycles. The Morgan fingerprint density at radius 3 is 2.86 bits per heavy atom. The van der Waals surface area contributed by atoms with Gasteiger partial charge in [-0.1, -0.05) is 12.1 Å². The predicted molar refractivity (Wildman–Crippen MR) is 85.1 cm³/mol. The highest BCUT2D eigenvalue weighted by Gasteiger charge is 2.13. The number of halogens is 1. The van der Waals surface area contributed by atoms with E-state index in [4.69, 9.17) is 0 Å². The first-order valence-electron chi connectivity index (χ1n) is 7.82. The van der Waals surface area contributed by atoms with Crippen LogP contribution in [0.5, 0.6) is 0 Å². The van der Waals surface area contributed by atoms with E-state index >= 15 is 0 Å². The van der Waals surface area contributed by atoms with E-state index in [0.717, 1.165) is 36.5 Å². The van der Waals surface area contributed by atoms with E-state index in [1.165, 1.54) is 25.0 Å². The zero-order chi connectivity index (χ0) is 15.2. The Morgan fingerprint density at radius 1 is 1.23 bits per heavy atom. The summed E-state index contributed by atoms with van der Waals surface area (Å²) >= 11 is 0. The molecule has 2 heterocycles. The number of nitrogens with one attached hydrogen (secondary N) is 2. The number of aromatic nitrogens is 2. The second kappa shape index (κ2) is 7.31. The van der Waals surface area contributed by atoms with Gasteiger partial charge < -0.3 is 10.6 Å². The van der Waals surface area contributed by atoms with Crippen molar-refractivity contribution in [1.29, 1.82) is 0 Å². The van der Waals surface area contributed by atoms with E-state index in [2.05, 4.69) is 20.6 Å². The lowest BCUT2D eigenvalue weighted by Gasteiger charge is -2.10. The summed E-state index contributed by atoms with van der Waals surface area (Å²) in [5, 5.41) is 6.74. The molecule has 1 aliphatic heterocycles. The van der Waals surface area contributed by atoms with Crippen LogP contribution in [0.15, 0.2) is 36.7 Å². The molecule has 1 saturated heterocycles. The molecule has 116 valence electrons. The molecular weight excluding hydrogens is 279 g/mol. The number of hydrogen-bond donors (Lipinski definition) is 2. The maximum atomic E-state index is 12.9. The summed E-state index contributed by atoms with van der Waals surface area (Å²) < 4.78 is 12.9. The number of rotatable bonds is 6. The number of nitrogens with zero attached hydrogens (tertiary/aromatic N) is 2. The van der Waals surface area contributed by atoms with E-state index < -0.39 is 0 Å². The molecule has 2 N–H and O–H groups in total. The van der Waals surface area contributed by atoms with Gasteiger partial charge in [-0.25, -0.2) is 9.37 Å². The molecule has 1 fully saturated rings. The lowest BCUT2D eigenvalue weighted by Crippen LogP contribution is -2.21. The first-order valence-corrected chi connectivity index (χ1v) is 7.82. The van der Waals surface area contributed by atoms with Crippen molar-refractivity contribution in [2.45, 2.75) is 38.3 Å². The minimum atomic E-state index is -0.217. The number of anilines is 1. The number of hydrogen-bond acceptors (Lipinski definition) is 4. The van der Waals surface area contributed by atoms with Crippen LogP contribution in [0.25, 0.3) is 0 Å². The molecule has 2 aromatic rings. The minimum Gasteiger partial charge on any atom is -0.365 e. The SMILES string of the molecule is Fc1ccc(CNc2cncc(CC[C@H]3CCCN3)n2)cc1. The standard InChI is InChI=1S/C17H21FN4/c18-14-5-3-13(4-6-14)10-21-17-12-19-11-16(22-17)8-7-15-2-1-9-20-15/h3-6,11-12,15,20H,1-2,7-10H2,(H,21,22)/t15-/m1/s1. The van der Waals surface area contributed by atoms with E-state index in [9.17, 15) is 4.39 Å². The summed E-state index contributed by atoms with van der Waals surface area (Å²) in [5.74, 6) is 0.548. The molecule has 4 nitrogen and oxygen atoms in total. The van der Waals surface area contributed by atoms with E-state index in [0.29, 0.717) is 12.6 Å². The van der Waals surface area contributed by atoms with E-state index in [-0.39, 0.29) is 5.82 Å². The van der Waals surface area contributed by atoms with Crippen LogP contribution in [-0.4, -0.2) is 22.6 Å². The topological polar surface area (TPSA) is 49.8 Å². The maximum Gasteiger partial charge on any atom is 0.145 e. The molecule has 5 heteroatoms. The molecule has 0 unspecified atom stereocenters. The van der Waals surface area contributed by atoms with Crippen LogP contribution >= 0.6 is 0 Å². The quantitative estimate of drug-likeness (QED) is 0.861. The molecule has 1 aliphatic rings. The Labute approximate surface area is 130 Å². The van der Waals surface area contributed by atoms with Crippen LogP contribution < -0.4 is 10.6 Å². The monoisotopic (exact) mass is 300 g/mol. The zero-order valence-electron chi connectivity index (χ0n) is 12.6. The van der Waals surface area contributed by atoms with Gasteiger partial charge in [-0.05, 0) is 49.9 Å². The number of aryl methyl sites for hydroxylation is 1. The Bertz CT molecular complexity index is 594. The molecule has 0 radical (unpaired) electrons. The number of benzene rings is 1. The van der Waals surface area contributed by atoms with Crippen molar-refractivity contribution in [3.05, 3.63) is 53.7 Å². The summed E-state index contributed by atoms with van der Waals surface area (Å²) in [6, 6.07) is 7.09. The molecule has 0 amide bonds. The van der Waals surface area contributed by atoms with Crippen LogP contribution in [0.2, 0.25) is 0 Å². The van der Waals surface area contributed by atoms with Gasteiger partial charge in [-0.3, -0.25) is 4.98 Å². The summed E-state index contributed by atoms with van der Waals surface area (Å²) in [6.07, 6.45) is 8.14. The molecule has 1 aromatic heterocycles. The van der Waals surface area contributed by atoms with Gasteiger partial charge in [0.2, 0.25) is 0 Å². The Balaban J connectivity index is 1.52. The summed E-state index contributed by atoms with van der Waals surface area (Å²) in [5.41, 5.74) is 2.03. The first kappa shape index (κ1) is 14.9. The normalized spacial score (nSPS) is 17.6. The van der Waals surface area contributed by atoms with Crippen LogP contribution in [-0.2, 0) is 13.0 Å². The highest BCUT2D eigenvalue weighted by Crippen LogP contribution is 2.13. The lowest BCUT2D eigenvalue weighted by molar-refractivity contribution is 0.555. The van der Waals surface area contributed by atoms with Gasteiger partial charge in [0, 0.05) is 18.8 Å². The van der Waals surface area contributed by atoms with Gasteiger partial charge in [0.05, 0.1) is 11.9 Å². The Morgan fingerprint density at radius 2 is 2.09 bits per heavy atom. The second-order valence-electron chi connectivity index (χ2n) is 5.71. The van der Waals surface area contributed by atoms with Gasteiger partial charge >= 0.3 is 0 Å². The van der Waals surface area contributed by atoms with Crippen LogP contribution in [0.1, 0.15) is 30.5 Å². The largest absolute Gasteiger partial charge is 0.365 e. The Hall–Kier alpha value is -2.01. The van der Waals surface area contributed by atoms with Gasteiger partial charge in [0.15, 0.2) is 0 Å². The highest BCUT2D eigenvalue weighted by atomic mass is 19.1. The third kappa shape index (κ3) is 4.24. The van der Waals surface area contributed by atoms with Crippen molar-refractivity contribution >= 4 is 5.82 Å². The average molecular weight is 300 g/mol. The summed E-state index contributed by atoms with van der Waals surface area (Å²) in [7, 11) is 0. The van der Waals surface area contributed by atoms with Crippen molar-refractivity contribution in [2.75, 3.05) is 11.9 Å². The molecule has 3 rings (SSSR count). The third-order valence-electron chi connectivity index (χ3n) is 3.98. The zero-order valence-corrected chi connectivity index (χ0v) is 12.6. The first-order chi connectivity index (χ1) is 10.8. The van der Waals surface area contributed by atoms with Crippen molar-refractivity contribution in [2.24, 2.45) is 0 Å². The maximum absolute atomic E-state index is 12.9. The summed E-state index contributed by atoms with van der Waals surface area (Å²) in [6.45, 7) is 1.75. The van der Waals surface area contributed by atoms with Crippen LogP contribution in [0.3, 0.4) is 0 Å². The van der Waals surface area contributed by atoms with Crippen molar-refractivity contribution < 1.29 is 4.39 Å². The van der Waals surface area contributed by atoms with Gasteiger partial charge in [-0.15, -0.1) is 0 Å². The minimum absolute atomic E-state index is 0.217. The van der Waals surface area contributed by atoms with Crippen molar-refractivity contribution in [3.8, 4) is 0 Å². The van der Waals surface area contributed by atoms with E-state index in [1.54, 1.807) is 18.3 Å². The molecule has 22 heavy (non-hydrogen) atoms. The van der Waals surface area contributed by atoms with E-state index in [1.807, 2.05) is 6.20 Å². The lowest BCUT2D eigenvalue weighted by atomic mass is 10.1. The fraction of sp³-hybridized carbons (Fsp3) is 0.412. The van der Waals surface area contributed by atoms with Crippen LogP contribution in [0.4, 0.5) is 10.2 Å². The molecule has 1 aromatic carbocycles. The molecule has 0 bridgehead atoms. The van der Waals surface area contributed by atoms with Crippen molar-refractivity contribution in [1.82, 2.24) is 15.3 Å². The molecule has 0 spiro atoms. The highest BCUT2D eigenvalue weighted by molar-refractivity contribution is 5.33. The van der Waals surface area contributed by atoms with Gasteiger partial charge in [0.1, 0.15) is 11.6 Å². The Kier molecular flexibility index (Phi) is 4.96. The van der Waals surface area contributed by atoms with Gasteiger partial charge in [-0.2, -0.15) is 0 Å². The molecule has 1 atom stereocenters. The molecule has 0 aliphatic carbocycles. The summed E-state index contributed by atoms with van der Waals surface area (Å²) in [4.78, 5) is 8.84.